The highest BCUT2D eigenvalue weighted by Crippen LogP contribution is 2.50. The van der Waals surface area contributed by atoms with Gasteiger partial charge in [0.25, 0.3) is 0 Å². The molecule has 0 amide bonds. The second kappa shape index (κ2) is 6.49. The molecule has 0 bridgehead atoms. The summed E-state index contributed by atoms with van der Waals surface area (Å²) in [6, 6.07) is 0. The van der Waals surface area contributed by atoms with Crippen molar-refractivity contribution in [1.82, 2.24) is 0 Å². The van der Waals surface area contributed by atoms with Crippen molar-refractivity contribution in [2.45, 2.75) is 97.0 Å². The summed E-state index contributed by atoms with van der Waals surface area (Å²) in [6.45, 7) is 5.91. The number of esters is 1. The summed E-state index contributed by atoms with van der Waals surface area (Å²) in [7, 11) is 0. The van der Waals surface area contributed by atoms with Gasteiger partial charge in [-0.25, -0.2) is 0 Å². The third kappa shape index (κ3) is 4.23. The van der Waals surface area contributed by atoms with Gasteiger partial charge in [-0.1, -0.05) is 38.5 Å². The van der Waals surface area contributed by atoms with E-state index in [0.29, 0.717) is 6.42 Å². The Kier molecular flexibility index (Phi) is 5.14. The topological polar surface area (TPSA) is 26.3 Å². The van der Waals surface area contributed by atoms with E-state index >= 15 is 0 Å². The first kappa shape index (κ1) is 15.9. The van der Waals surface area contributed by atoms with E-state index in [9.17, 15) is 4.79 Å². The van der Waals surface area contributed by atoms with Crippen LogP contribution in [-0.4, -0.2) is 11.6 Å². The van der Waals surface area contributed by atoms with Crippen molar-refractivity contribution in [2.75, 3.05) is 0 Å². The molecular weight excluding hydrogens is 248 g/mol. The number of hydrogen-bond donors (Lipinski definition) is 0. The first-order chi connectivity index (χ1) is 9.41. The predicted octanol–water partition coefficient (Wildman–Crippen LogP) is 5.25. The van der Waals surface area contributed by atoms with Crippen molar-refractivity contribution in [3.05, 3.63) is 0 Å². The molecule has 2 nitrogen and oxygen atoms in total. The smallest absolute Gasteiger partial charge is 0.306 e. The molecular formula is C18H32O2. The molecule has 0 spiro atoms. The molecule has 2 aliphatic carbocycles. The molecule has 0 aromatic rings. The van der Waals surface area contributed by atoms with Gasteiger partial charge in [-0.05, 0) is 57.8 Å². The van der Waals surface area contributed by atoms with Gasteiger partial charge < -0.3 is 4.74 Å². The molecule has 0 aromatic carbocycles. The Labute approximate surface area is 124 Å². The molecule has 2 aliphatic rings. The minimum absolute atomic E-state index is 0.0324. The van der Waals surface area contributed by atoms with Gasteiger partial charge in [0.1, 0.15) is 5.60 Å². The summed E-state index contributed by atoms with van der Waals surface area (Å²) in [5.74, 6) is 0.800. The van der Waals surface area contributed by atoms with Crippen LogP contribution >= 0.6 is 0 Å². The van der Waals surface area contributed by atoms with Gasteiger partial charge in [0, 0.05) is 0 Å². The van der Waals surface area contributed by atoms with E-state index in [1.165, 1.54) is 64.2 Å². The van der Waals surface area contributed by atoms with Gasteiger partial charge in [-0.15, -0.1) is 0 Å². The molecule has 0 heterocycles. The van der Waals surface area contributed by atoms with Crippen molar-refractivity contribution < 1.29 is 9.53 Å². The van der Waals surface area contributed by atoms with E-state index in [1.54, 1.807) is 0 Å². The Morgan fingerprint density at radius 1 is 1.00 bits per heavy atom. The molecule has 2 rings (SSSR count). The zero-order chi connectivity index (χ0) is 14.6. The monoisotopic (exact) mass is 280 g/mol. The maximum Gasteiger partial charge on any atom is 0.306 e. The molecule has 0 saturated heterocycles. The highest BCUT2D eigenvalue weighted by molar-refractivity contribution is 5.70. The maximum absolute atomic E-state index is 12.4. The Hall–Kier alpha value is -0.530. The second-order valence-electron chi connectivity index (χ2n) is 8.02. The lowest BCUT2D eigenvalue weighted by Crippen LogP contribution is -2.38. The van der Waals surface area contributed by atoms with Crippen LogP contribution in [0, 0.1) is 11.3 Å². The molecule has 0 N–H and O–H groups in total. The molecule has 116 valence electrons. The largest absolute Gasteiger partial charge is 0.460 e. The molecule has 20 heavy (non-hydrogen) atoms. The van der Waals surface area contributed by atoms with Crippen molar-refractivity contribution in [3.8, 4) is 0 Å². The van der Waals surface area contributed by atoms with Crippen LogP contribution in [-0.2, 0) is 9.53 Å². The van der Waals surface area contributed by atoms with Crippen LogP contribution < -0.4 is 0 Å². The second-order valence-corrected chi connectivity index (χ2v) is 8.02. The zero-order valence-corrected chi connectivity index (χ0v) is 13.7. The van der Waals surface area contributed by atoms with E-state index < -0.39 is 0 Å². The van der Waals surface area contributed by atoms with Crippen LogP contribution in [0.25, 0.3) is 0 Å². The minimum atomic E-state index is -0.348. The molecule has 2 saturated carbocycles. The lowest BCUT2D eigenvalue weighted by molar-refractivity contribution is -0.160. The number of carbonyl (C=O) groups is 1. The van der Waals surface area contributed by atoms with Gasteiger partial charge in [-0.2, -0.15) is 0 Å². The van der Waals surface area contributed by atoms with Crippen molar-refractivity contribution in [3.63, 3.8) is 0 Å². The third-order valence-electron chi connectivity index (χ3n) is 5.24. The molecule has 0 aromatic heterocycles. The molecule has 0 atom stereocenters. The number of carbonyl (C=O) groups excluding carboxylic acids is 1. The molecule has 0 unspecified atom stereocenters. The minimum Gasteiger partial charge on any atom is -0.460 e. The van der Waals surface area contributed by atoms with E-state index in [2.05, 4.69) is 0 Å². The molecule has 0 aliphatic heterocycles. The van der Waals surface area contributed by atoms with Crippen LogP contribution in [0.4, 0.5) is 0 Å². The first-order valence-corrected chi connectivity index (χ1v) is 8.63. The Morgan fingerprint density at radius 2 is 1.55 bits per heavy atom. The molecule has 2 heteroatoms. The fraction of sp³-hybridized carbons (Fsp3) is 0.944. The van der Waals surface area contributed by atoms with E-state index in [4.69, 9.17) is 4.74 Å². The Balaban J connectivity index is 2.04. The predicted molar refractivity (Wildman–Crippen MR) is 82.6 cm³/mol. The molecule has 2 fully saturated rings. The van der Waals surface area contributed by atoms with Crippen LogP contribution in [0.1, 0.15) is 91.4 Å². The highest BCUT2D eigenvalue weighted by atomic mass is 16.6. The fourth-order valence-electron chi connectivity index (χ4n) is 4.37. The van der Waals surface area contributed by atoms with Crippen molar-refractivity contribution in [1.29, 1.82) is 0 Å². The average Bonchev–Trinajstić information content (AvgIpc) is 2.38. The normalized spacial score (nSPS) is 24.4. The zero-order valence-electron chi connectivity index (χ0n) is 13.7. The third-order valence-corrected chi connectivity index (χ3v) is 5.24. The summed E-state index contributed by atoms with van der Waals surface area (Å²) in [6.07, 6.45) is 13.9. The Morgan fingerprint density at radius 3 is 2.10 bits per heavy atom. The maximum atomic E-state index is 12.4. The lowest BCUT2D eigenvalue weighted by atomic mass is 9.60. The van der Waals surface area contributed by atoms with E-state index in [0.717, 1.165) is 5.92 Å². The lowest BCUT2D eigenvalue weighted by Gasteiger charge is -2.45. The summed E-state index contributed by atoms with van der Waals surface area (Å²) in [4.78, 5) is 12.4. The van der Waals surface area contributed by atoms with Gasteiger partial charge in [0.2, 0.25) is 0 Å². The van der Waals surface area contributed by atoms with E-state index in [-0.39, 0.29) is 17.0 Å². The summed E-state index contributed by atoms with van der Waals surface area (Å²) >= 11 is 0. The quantitative estimate of drug-likeness (QED) is 0.660. The fourth-order valence-corrected chi connectivity index (χ4v) is 4.37. The van der Waals surface area contributed by atoms with Crippen LogP contribution in [0.2, 0.25) is 0 Å². The van der Waals surface area contributed by atoms with Gasteiger partial charge in [-0.3, -0.25) is 4.79 Å². The van der Waals surface area contributed by atoms with E-state index in [1.807, 2.05) is 20.8 Å². The van der Waals surface area contributed by atoms with Gasteiger partial charge in [0.15, 0.2) is 0 Å². The highest BCUT2D eigenvalue weighted by Gasteiger charge is 2.42. The average molecular weight is 280 g/mol. The van der Waals surface area contributed by atoms with Gasteiger partial charge in [0.05, 0.1) is 6.42 Å². The summed E-state index contributed by atoms with van der Waals surface area (Å²) in [5.41, 5.74) is -0.0828. The standard InChI is InChI=1S/C18H32O2/c1-17(2,3)20-16(19)14-18(12-8-5-9-13-18)15-10-6-4-7-11-15/h15H,4-14H2,1-3H3. The number of ether oxygens (including phenoxy) is 1. The first-order valence-electron chi connectivity index (χ1n) is 8.63. The van der Waals surface area contributed by atoms with Crippen LogP contribution in [0.5, 0.6) is 0 Å². The van der Waals surface area contributed by atoms with Crippen LogP contribution in [0.15, 0.2) is 0 Å². The number of rotatable bonds is 3. The summed E-state index contributed by atoms with van der Waals surface area (Å²) < 4.78 is 5.62. The van der Waals surface area contributed by atoms with Crippen molar-refractivity contribution >= 4 is 5.97 Å². The molecule has 0 radical (unpaired) electrons. The van der Waals surface area contributed by atoms with Crippen molar-refractivity contribution in [2.24, 2.45) is 11.3 Å². The van der Waals surface area contributed by atoms with Gasteiger partial charge >= 0.3 is 5.97 Å². The SMILES string of the molecule is CC(C)(C)OC(=O)CC1(C2CCCCC2)CCCCC1. The Bertz CT molecular complexity index is 315. The number of hydrogen-bond acceptors (Lipinski definition) is 2. The summed E-state index contributed by atoms with van der Waals surface area (Å²) in [5, 5.41) is 0. The van der Waals surface area contributed by atoms with Crippen LogP contribution in [0.3, 0.4) is 0 Å².